The van der Waals surface area contributed by atoms with Gasteiger partial charge in [0, 0.05) is 12.0 Å². The Morgan fingerprint density at radius 2 is 1.65 bits per heavy atom. The maximum Gasteiger partial charge on any atom is 0.223 e. The number of carbonyl (C=O) groups excluding carboxylic acids is 1. The van der Waals surface area contributed by atoms with Gasteiger partial charge in [-0.1, -0.05) is 27.7 Å². The van der Waals surface area contributed by atoms with Crippen molar-refractivity contribution >= 4 is 5.91 Å². The minimum absolute atomic E-state index is 0.316. The molecule has 2 saturated carbocycles. The van der Waals surface area contributed by atoms with Crippen molar-refractivity contribution in [3.63, 3.8) is 0 Å². The van der Waals surface area contributed by atoms with Gasteiger partial charge in [-0.2, -0.15) is 0 Å². The third-order valence-corrected chi connectivity index (χ3v) is 4.74. The first-order chi connectivity index (χ1) is 7.88. The van der Waals surface area contributed by atoms with Crippen molar-refractivity contribution in [2.24, 2.45) is 23.2 Å². The Morgan fingerprint density at radius 1 is 1.12 bits per heavy atom. The Bertz CT molecular complexity index is 284. The van der Waals surface area contributed by atoms with Crippen molar-refractivity contribution < 1.29 is 4.79 Å². The predicted molar refractivity (Wildman–Crippen MR) is 70.6 cm³/mol. The molecule has 17 heavy (non-hydrogen) atoms. The lowest BCUT2D eigenvalue weighted by Gasteiger charge is -2.37. The summed E-state index contributed by atoms with van der Waals surface area (Å²) in [6.45, 7) is 9.17. The molecule has 2 aliphatic rings. The molecule has 98 valence electrons. The molecular weight excluding hydrogens is 210 g/mol. The minimum atomic E-state index is 0.316. The monoisotopic (exact) mass is 237 g/mol. The molecule has 0 spiro atoms. The molecule has 2 atom stereocenters. The summed E-state index contributed by atoms with van der Waals surface area (Å²) in [6.07, 6.45) is 6.00. The molecule has 0 aromatic carbocycles. The molecule has 0 radical (unpaired) electrons. The number of carbonyl (C=O) groups is 1. The van der Waals surface area contributed by atoms with Gasteiger partial charge >= 0.3 is 0 Å². The van der Waals surface area contributed by atoms with E-state index in [9.17, 15) is 4.79 Å². The van der Waals surface area contributed by atoms with E-state index >= 15 is 0 Å². The molecular formula is C15H27NO. The summed E-state index contributed by atoms with van der Waals surface area (Å²) in [5.41, 5.74) is 0.431. The number of amides is 1. The van der Waals surface area contributed by atoms with Crippen LogP contribution in [0.5, 0.6) is 0 Å². The molecule has 0 saturated heterocycles. The van der Waals surface area contributed by atoms with Crippen LogP contribution in [0.2, 0.25) is 0 Å². The standard InChI is InChI=1S/C15H27NO/c1-10-9-13(10)14(17)16-12-7-5-11(6-8-12)15(2,3)4/h10-13H,5-9H2,1-4H3,(H,16,17). The first kappa shape index (κ1) is 12.9. The lowest BCUT2D eigenvalue weighted by Crippen LogP contribution is -2.40. The summed E-state index contributed by atoms with van der Waals surface area (Å²) >= 11 is 0. The second-order valence-corrected chi connectivity index (χ2v) is 7.24. The molecule has 2 unspecified atom stereocenters. The molecule has 2 rings (SSSR count). The highest BCUT2D eigenvalue weighted by Crippen LogP contribution is 2.40. The van der Waals surface area contributed by atoms with E-state index in [0.29, 0.717) is 29.2 Å². The molecule has 0 heterocycles. The molecule has 0 aromatic rings. The van der Waals surface area contributed by atoms with Crippen molar-refractivity contribution in [3.8, 4) is 0 Å². The number of nitrogens with one attached hydrogen (secondary N) is 1. The normalized spacial score (nSPS) is 37.6. The highest BCUT2D eigenvalue weighted by molar-refractivity contribution is 5.81. The van der Waals surface area contributed by atoms with Crippen LogP contribution >= 0.6 is 0 Å². The van der Waals surface area contributed by atoms with E-state index < -0.39 is 0 Å². The zero-order chi connectivity index (χ0) is 12.6. The summed E-state index contributed by atoms with van der Waals surface area (Å²) < 4.78 is 0. The van der Waals surface area contributed by atoms with Crippen LogP contribution in [0.15, 0.2) is 0 Å². The molecule has 0 bridgehead atoms. The van der Waals surface area contributed by atoms with Crippen LogP contribution in [-0.2, 0) is 4.79 Å². The Labute approximate surface area is 106 Å². The smallest absolute Gasteiger partial charge is 0.223 e. The van der Waals surface area contributed by atoms with Crippen LogP contribution in [0.25, 0.3) is 0 Å². The van der Waals surface area contributed by atoms with Crippen molar-refractivity contribution in [2.45, 2.75) is 65.8 Å². The molecule has 0 aromatic heterocycles. The predicted octanol–water partition coefficient (Wildman–Crippen LogP) is 3.36. The first-order valence-electron chi connectivity index (χ1n) is 7.18. The fourth-order valence-corrected chi connectivity index (χ4v) is 3.10. The fourth-order valence-electron chi connectivity index (χ4n) is 3.10. The van der Waals surface area contributed by atoms with E-state index in [0.717, 1.165) is 12.3 Å². The van der Waals surface area contributed by atoms with Gasteiger partial charge in [-0.05, 0) is 49.4 Å². The van der Waals surface area contributed by atoms with Gasteiger partial charge in [-0.15, -0.1) is 0 Å². The topological polar surface area (TPSA) is 29.1 Å². The number of rotatable bonds is 2. The van der Waals surface area contributed by atoms with Crippen LogP contribution in [0.1, 0.15) is 59.8 Å². The second-order valence-electron chi connectivity index (χ2n) is 7.24. The first-order valence-corrected chi connectivity index (χ1v) is 7.18. The zero-order valence-corrected chi connectivity index (χ0v) is 11.8. The van der Waals surface area contributed by atoms with Gasteiger partial charge < -0.3 is 5.32 Å². The Hall–Kier alpha value is -0.530. The van der Waals surface area contributed by atoms with Gasteiger partial charge in [0.15, 0.2) is 0 Å². The van der Waals surface area contributed by atoms with Gasteiger partial charge in [-0.25, -0.2) is 0 Å². The molecule has 2 aliphatic carbocycles. The SMILES string of the molecule is CC1CC1C(=O)NC1CCC(C(C)(C)C)CC1. The zero-order valence-electron chi connectivity index (χ0n) is 11.8. The largest absolute Gasteiger partial charge is 0.353 e. The average molecular weight is 237 g/mol. The van der Waals surface area contributed by atoms with E-state index in [1.165, 1.54) is 25.7 Å². The number of hydrogen-bond acceptors (Lipinski definition) is 1. The summed E-state index contributed by atoms with van der Waals surface area (Å²) in [4.78, 5) is 11.9. The van der Waals surface area contributed by atoms with Gasteiger partial charge in [0.05, 0.1) is 0 Å². The third-order valence-electron chi connectivity index (χ3n) is 4.74. The van der Waals surface area contributed by atoms with Crippen LogP contribution in [0.3, 0.4) is 0 Å². The lowest BCUT2D eigenvalue weighted by molar-refractivity contribution is -0.123. The van der Waals surface area contributed by atoms with Crippen LogP contribution < -0.4 is 5.32 Å². The van der Waals surface area contributed by atoms with Crippen molar-refractivity contribution in [3.05, 3.63) is 0 Å². The maximum absolute atomic E-state index is 11.9. The van der Waals surface area contributed by atoms with E-state index in [4.69, 9.17) is 0 Å². The highest BCUT2D eigenvalue weighted by atomic mass is 16.2. The van der Waals surface area contributed by atoms with E-state index in [1.807, 2.05) is 0 Å². The Morgan fingerprint density at radius 3 is 2.06 bits per heavy atom. The summed E-state index contributed by atoms with van der Waals surface area (Å²) in [5.74, 6) is 2.10. The summed E-state index contributed by atoms with van der Waals surface area (Å²) in [7, 11) is 0. The minimum Gasteiger partial charge on any atom is -0.353 e. The molecule has 1 N–H and O–H groups in total. The van der Waals surface area contributed by atoms with E-state index in [2.05, 4.69) is 33.0 Å². The molecule has 0 aliphatic heterocycles. The van der Waals surface area contributed by atoms with E-state index in [1.54, 1.807) is 0 Å². The van der Waals surface area contributed by atoms with Gasteiger partial charge in [0.1, 0.15) is 0 Å². The van der Waals surface area contributed by atoms with Crippen LogP contribution in [0.4, 0.5) is 0 Å². The van der Waals surface area contributed by atoms with Gasteiger partial charge in [0.2, 0.25) is 5.91 Å². The average Bonchev–Trinajstić information content (AvgIpc) is 2.95. The Balaban J connectivity index is 1.74. The second kappa shape index (κ2) is 4.62. The van der Waals surface area contributed by atoms with Crippen molar-refractivity contribution in [2.75, 3.05) is 0 Å². The quantitative estimate of drug-likeness (QED) is 0.784. The van der Waals surface area contributed by atoms with Gasteiger partial charge in [0.25, 0.3) is 0 Å². The van der Waals surface area contributed by atoms with Crippen molar-refractivity contribution in [1.29, 1.82) is 0 Å². The summed E-state index contributed by atoms with van der Waals surface area (Å²) in [5, 5.41) is 3.24. The lowest BCUT2D eigenvalue weighted by atomic mass is 9.71. The van der Waals surface area contributed by atoms with Crippen LogP contribution in [0, 0.1) is 23.2 Å². The van der Waals surface area contributed by atoms with E-state index in [-0.39, 0.29) is 0 Å². The fraction of sp³-hybridized carbons (Fsp3) is 0.933. The molecule has 1 amide bonds. The highest BCUT2D eigenvalue weighted by Gasteiger charge is 2.40. The number of hydrogen-bond donors (Lipinski definition) is 1. The van der Waals surface area contributed by atoms with Crippen LogP contribution in [-0.4, -0.2) is 11.9 Å². The molecule has 2 nitrogen and oxygen atoms in total. The molecule has 2 fully saturated rings. The molecule has 2 heteroatoms. The summed E-state index contributed by atoms with van der Waals surface area (Å²) in [6, 6.07) is 0.453. The Kier molecular flexibility index (Phi) is 3.51. The van der Waals surface area contributed by atoms with Gasteiger partial charge in [-0.3, -0.25) is 4.79 Å². The third kappa shape index (κ3) is 3.23. The van der Waals surface area contributed by atoms with Crippen molar-refractivity contribution in [1.82, 2.24) is 5.32 Å². The maximum atomic E-state index is 11.9.